The molecule has 1 nitrogen and oxygen atoms in total. The van der Waals surface area contributed by atoms with E-state index in [1.807, 2.05) is 30.0 Å². The summed E-state index contributed by atoms with van der Waals surface area (Å²) in [6.45, 7) is 2.07. The molecule has 2 aromatic carbocycles. The van der Waals surface area contributed by atoms with E-state index in [2.05, 4.69) is 37.3 Å². The highest BCUT2D eigenvalue weighted by atomic mass is 32.2. The molecule has 16 heavy (non-hydrogen) atoms. The Labute approximate surface area is 101 Å². The Kier molecular flexibility index (Phi) is 3.52. The molecule has 2 N–H and O–H groups in total. The number of rotatable bonds is 3. The van der Waals surface area contributed by atoms with Gasteiger partial charge in [-0.1, -0.05) is 36.4 Å². The van der Waals surface area contributed by atoms with Gasteiger partial charge in [0.1, 0.15) is 0 Å². The highest BCUT2D eigenvalue weighted by molar-refractivity contribution is 7.98. The second kappa shape index (κ2) is 5.08. The molecule has 0 heterocycles. The molecule has 0 aliphatic carbocycles. The van der Waals surface area contributed by atoms with Gasteiger partial charge >= 0.3 is 0 Å². The highest BCUT2D eigenvalue weighted by Crippen LogP contribution is 2.28. The molecule has 0 radical (unpaired) electrons. The summed E-state index contributed by atoms with van der Waals surface area (Å²) >= 11 is 1.83. The quantitative estimate of drug-likeness (QED) is 0.638. The van der Waals surface area contributed by atoms with Crippen LogP contribution in [0.2, 0.25) is 0 Å². The van der Waals surface area contributed by atoms with Crippen LogP contribution in [-0.2, 0) is 5.75 Å². The van der Waals surface area contributed by atoms with E-state index < -0.39 is 0 Å². The van der Waals surface area contributed by atoms with Gasteiger partial charge in [-0.2, -0.15) is 0 Å². The van der Waals surface area contributed by atoms with Gasteiger partial charge in [-0.25, -0.2) is 0 Å². The van der Waals surface area contributed by atoms with Crippen molar-refractivity contribution in [3.05, 3.63) is 59.7 Å². The van der Waals surface area contributed by atoms with Crippen LogP contribution in [0.3, 0.4) is 0 Å². The van der Waals surface area contributed by atoms with Crippen LogP contribution in [0.5, 0.6) is 0 Å². The van der Waals surface area contributed by atoms with E-state index >= 15 is 0 Å². The van der Waals surface area contributed by atoms with Gasteiger partial charge in [0.2, 0.25) is 0 Å². The second-order valence-corrected chi connectivity index (χ2v) is 4.76. The van der Waals surface area contributed by atoms with E-state index in [-0.39, 0.29) is 0 Å². The molecule has 0 aliphatic rings. The molecule has 82 valence electrons. The Bertz CT molecular complexity index is 465. The third kappa shape index (κ3) is 2.58. The van der Waals surface area contributed by atoms with Crippen molar-refractivity contribution in [2.24, 2.45) is 0 Å². The van der Waals surface area contributed by atoms with Crippen molar-refractivity contribution in [3.63, 3.8) is 0 Å². The summed E-state index contributed by atoms with van der Waals surface area (Å²) in [5.41, 5.74) is 9.28. The SMILES string of the molecule is Cc1c(N)cccc1SCc1ccccc1. The molecule has 0 amide bonds. The molecule has 2 heteroatoms. The summed E-state index contributed by atoms with van der Waals surface area (Å²) in [4.78, 5) is 1.27. The number of hydrogen-bond acceptors (Lipinski definition) is 2. The number of nitrogens with two attached hydrogens (primary N) is 1. The smallest absolute Gasteiger partial charge is 0.0354 e. The number of hydrogen-bond donors (Lipinski definition) is 1. The van der Waals surface area contributed by atoms with E-state index in [1.54, 1.807) is 0 Å². The Morgan fingerprint density at radius 2 is 1.75 bits per heavy atom. The maximum Gasteiger partial charge on any atom is 0.0354 e. The zero-order chi connectivity index (χ0) is 11.4. The number of nitrogen functional groups attached to an aromatic ring is 1. The van der Waals surface area contributed by atoms with Crippen LogP contribution in [-0.4, -0.2) is 0 Å². The van der Waals surface area contributed by atoms with Crippen LogP contribution < -0.4 is 5.73 Å². The van der Waals surface area contributed by atoms with Crippen molar-refractivity contribution in [3.8, 4) is 0 Å². The fourth-order valence-corrected chi connectivity index (χ4v) is 2.55. The molecule has 0 saturated carbocycles. The van der Waals surface area contributed by atoms with Crippen molar-refractivity contribution < 1.29 is 0 Å². The van der Waals surface area contributed by atoms with Gasteiger partial charge in [0.05, 0.1) is 0 Å². The van der Waals surface area contributed by atoms with Crippen molar-refractivity contribution in [1.82, 2.24) is 0 Å². The molecule has 2 rings (SSSR count). The first-order valence-electron chi connectivity index (χ1n) is 5.29. The van der Waals surface area contributed by atoms with Crippen molar-refractivity contribution in [2.75, 3.05) is 5.73 Å². The van der Waals surface area contributed by atoms with E-state index in [1.165, 1.54) is 16.0 Å². The lowest BCUT2D eigenvalue weighted by atomic mass is 10.2. The second-order valence-electron chi connectivity index (χ2n) is 3.74. The average molecular weight is 229 g/mol. The van der Waals surface area contributed by atoms with Crippen molar-refractivity contribution in [2.45, 2.75) is 17.6 Å². The fourth-order valence-electron chi connectivity index (χ4n) is 1.52. The first kappa shape index (κ1) is 11.1. The Morgan fingerprint density at radius 1 is 1.00 bits per heavy atom. The molecule has 2 aromatic rings. The van der Waals surface area contributed by atoms with Crippen LogP contribution in [0.1, 0.15) is 11.1 Å². The summed E-state index contributed by atoms with van der Waals surface area (Å²) in [5.74, 6) is 0.991. The van der Waals surface area contributed by atoms with Crippen molar-refractivity contribution >= 4 is 17.4 Å². The minimum atomic E-state index is 0.873. The van der Waals surface area contributed by atoms with Gasteiger partial charge in [-0.15, -0.1) is 11.8 Å². The predicted octanol–water partition coefficient (Wildman–Crippen LogP) is 3.87. The Balaban J connectivity index is 2.08. The largest absolute Gasteiger partial charge is 0.398 e. The lowest BCUT2D eigenvalue weighted by molar-refractivity contribution is 1.29. The standard InChI is InChI=1S/C14H15NS/c1-11-13(15)8-5-9-14(11)16-10-12-6-3-2-4-7-12/h2-9H,10,15H2,1H3. The zero-order valence-corrected chi connectivity index (χ0v) is 10.1. The summed E-state index contributed by atoms with van der Waals surface area (Å²) in [7, 11) is 0. The van der Waals surface area contributed by atoms with Crippen LogP contribution >= 0.6 is 11.8 Å². The zero-order valence-electron chi connectivity index (χ0n) is 9.31. The third-order valence-electron chi connectivity index (χ3n) is 2.56. The number of thioether (sulfide) groups is 1. The average Bonchev–Trinajstić information content (AvgIpc) is 2.32. The maximum atomic E-state index is 5.88. The molecular formula is C14H15NS. The summed E-state index contributed by atoms with van der Waals surface area (Å²) in [6.07, 6.45) is 0. The molecule has 0 atom stereocenters. The predicted molar refractivity (Wildman–Crippen MR) is 71.6 cm³/mol. The van der Waals surface area contributed by atoms with Crippen LogP contribution in [0.25, 0.3) is 0 Å². The summed E-state index contributed by atoms with van der Waals surface area (Å²) < 4.78 is 0. The Hall–Kier alpha value is -1.41. The van der Waals surface area contributed by atoms with Gasteiger partial charge < -0.3 is 5.73 Å². The minimum Gasteiger partial charge on any atom is -0.398 e. The molecule has 0 fully saturated rings. The van der Waals surface area contributed by atoms with E-state index in [4.69, 9.17) is 5.73 Å². The lowest BCUT2D eigenvalue weighted by Gasteiger charge is -2.07. The molecule has 0 spiro atoms. The number of benzene rings is 2. The van der Waals surface area contributed by atoms with E-state index in [0.717, 1.165) is 11.4 Å². The molecule has 0 saturated heterocycles. The fraction of sp³-hybridized carbons (Fsp3) is 0.143. The van der Waals surface area contributed by atoms with E-state index in [0.29, 0.717) is 0 Å². The molecule has 0 aliphatic heterocycles. The monoisotopic (exact) mass is 229 g/mol. The third-order valence-corrected chi connectivity index (χ3v) is 3.79. The van der Waals surface area contributed by atoms with Gasteiger partial charge in [-0.05, 0) is 30.2 Å². The van der Waals surface area contributed by atoms with Gasteiger partial charge in [-0.3, -0.25) is 0 Å². The molecule has 0 unspecified atom stereocenters. The van der Waals surface area contributed by atoms with Crippen LogP contribution in [0, 0.1) is 6.92 Å². The van der Waals surface area contributed by atoms with Gasteiger partial charge in [0.15, 0.2) is 0 Å². The highest BCUT2D eigenvalue weighted by Gasteiger charge is 2.01. The number of anilines is 1. The minimum absolute atomic E-state index is 0.873. The van der Waals surface area contributed by atoms with Crippen LogP contribution in [0.15, 0.2) is 53.4 Å². The lowest BCUT2D eigenvalue weighted by Crippen LogP contribution is -1.91. The molecular weight excluding hydrogens is 214 g/mol. The molecule has 0 aromatic heterocycles. The Morgan fingerprint density at radius 3 is 2.50 bits per heavy atom. The summed E-state index contributed by atoms with van der Waals surface area (Å²) in [5, 5.41) is 0. The summed E-state index contributed by atoms with van der Waals surface area (Å²) in [6, 6.07) is 16.6. The topological polar surface area (TPSA) is 26.0 Å². The molecule has 0 bridgehead atoms. The van der Waals surface area contributed by atoms with E-state index in [9.17, 15) is 0 Å². The normalized spacial score (nSPS) is 10.3. The van der Waals surface area contributed by atoms with Crippen LogP contribution in [0.4, 0.5) is 5.69 Å². The first-order chi connectivity index (χ1) is 7.77. The first-order valence-corrected chi connectivity index (χ1v) is 6.28. The van der Waals surface area contributed by atoms with Gasteiger partial charge in [0, 0.05) is 16.3 Å². The maximum absolute atomic E-state index is 5.88. The van der Waals surface area contributed by atoms with Gasteiger partial charge in [0.25, 0.3) is 0 Å². The van der Waals surface area contributed by atoms with Crippen molar-refractivity contribution in [1.29, 1.82) is 0 Å².